The van der Waals surface area contributed by atoms with E-state index in [-0.39, 0.29) is 18.1 Å². The number of nitrogen functional groups attached to an aromatic ring is 1. The monoisotopic (exact) mass is 410 g/mol. The number of nitrogens with two attached hydrogens (primary N) is 1. The second-order valence-electron chi connectivity index (χ2n) is 7.22. The summed E-state index contributed by atoms with van der Waals surface area (Å²) >= 11 is 0. The van der Waals surface area contributed by atoms with Crippen LogP contribution < -0.4 is 21.9 Å². The molecule has 2 aromatic heterocycles. The Labute approximate surface area is 173 Å². The lowest BCUT2D eigenvalue weighted by molar-refractivity contribution is 0.0982. The SMILES string of the molecule is CCCCn1c(N)c(N(Cc2ccco2)C(=O)c2cccc(C)c2C)c(=O)[nH]c1=O. The van der Waals surface area contributed by atoms with Crippen LogP contribution in [-0.2, 0) is 13.1 Å². The van der Waals surface area contributed by atoms with E-state index in [9.17, 15) is 14.4 Å². The minimum atomic E-state index is -0.713. The van der Waals surface area contributed by atoms with Crippen molar-refractivity contribution in [2.24, 2.45) is 0 Å². The molecule has 3 rings (SSSR count). The zero-order chi connectivity index (χ0) is 21.8. The summed E-state index contributed by atoms with van der Waals surface area (Å²) in [6.07, 6.45) is 3.04. The fourth-order valence-electron chi connectivity index (χ4n) is 3.32. The summed E-state index contributed by atoms with van der Waals surface area (Å²) in [6.45, 7) is 6.09. The molecule has 0 spiro atoms. The van der Waals surface area contributed by atoms with Crippen molar-refractivity contribution in [3.63, 3.8) is 0 Å². The van der Waals surface area contributed by atoms with Gasteiger partial charge in [-0.05, 0) is 49.6 Å². The van der Waals surface area contributed by atoms with Crippen LogP contribution in [0.25, 0.3) is 0 Å². The van der Waals surface area contributed by atoms with Gasteiger partial charge in [0.1, 0.15) is 11.6 Å². The Morgan fingerprint density at radius 2 is 1.97 bits per heavy atom. The number of H-pyrrole nitrogens is 1. The number of aromatic amines is 1. The van der Waals surface area contributed by atoms with Crippen LogP contribution in [0.1, 0.15) is 47.0 Å². The number of nitrogens with one attached hydrogen (secondary N) is 1. The highest BCUT2D eigenvalue weighted by Gasteiger charge is 2.27. The summed E-state index contributed by atoms with van der Waals surface area (Å²) in [5.41, 5.74) is 7.10. The Kier molecular flexibility index (Phi) is 6.25. The predicted molar refractivity (Wildman–Crippen MR) is 116 cm³/mol. The molecule has 0 fully saturated rings. The first-order chi connectivity index (χ1) is 14.3. The third-order valence-corrected chi connectivity index (χ3v) is 5.19. The van der Waals surface area contributed by atoms with Gasteiger partial charge in [0.15, 0.2) is 5.69 Å². The summed E-state index contributed by atoms with van der Waals surface area (Å²) in [5, 5.41) is 0. The van der Waals surface area contributed by atoms with Crippen molar-refractivity contribution in [1.29, 1.82) is 0 Å². The first-order valence-corrected chi connectivity index (χ1v) is 9.88. The van der Waals surface area contributed by atoms with Gasteiger partial charge in [-0.15, -0.1) is 0 Å². The van der Waals surface area contributed by atoms with Crippen molar-refractivity contribution >= 4 is 17.4 Å². The van der Waals surface area contributed by atoms with Gasteiger partial charge in [-0.25, -0.2) is 4.79 Å². The van der Waals surface area contributed by atoms with E-state index in [2.05, 4.69) is 4.98 Å². The summed E-state index contributed by atoms with van der Waals surface area (Å²) in [7, 11) is 0. The van der Waals surface area contributed by atoms with E-state index in [1.165, 1.54) is 15.7 Å². The van der Waals surface area contributed by atoms with Crippen LogP contribution in [-0.4, -0.2) is 15.5 Å². The van der Waals surface area contributed by atoms with Crippen LogP contribution in [0.5, 0.6) is 0 Å². The van der Waals surface area contributed by atoms with Crippen LogP contribution in [0.4, 0.5) is 11.5 Å². The van der Waals surface area contributed by atoms with Gasteiger partial charge >= 0.3 is 5.69 Å². The van der Waals surface area contributed by atoms with Crippen LogP contribution in [0.15, 0.2) is 50.6 Å². The van der Waals surface area contributed by atoms with Crippen molar-refractivity contribution in [3.8, 4) is 0 Å². The van der Waals surface area contributed by atoms with Crippen molar-refractivity contribution in [2.75, 3.05) is 10.6 Å². The van der Waals surface area contributed by atoms with Gasteiger partial charge in [-0.3, -0.25) is 24.0 Å². The molecule has 8 heteroatoms. The van der Waals surface area contributed by atoms with Gasteiger partial charge in [-0.2, -0.15) is 0 Å². The van der Waals surface area contributed by atoms with Crippen LogP contribution in [0.2, 0.25) is 0 Å². The first kappa shape index (κ1) is 21.2. The van der Waals surface area contributed by atoms with E-state index in [4.69, 9.17) is 10.2 Å². The fourth-order valence-corrected chi connectivity index (χ4v) is 3.32. The van der Waals surface area contributed by atoms with E-state index >= 15 is 0 Å². The maximum atomic E-state index is 13.5. The Bertz CT molecular complexity index is 1160. The molecule has 0 aliphatic heterocycles. The normalized spacial score (nSPS) is 10.9. The molecule has 0 saturated carbocycles. The lowest BCUT2D eigenvalue weighted by atomic mass is 10.0. The van der Waals surface area contributed by atoms with Gasteiger partial charge in [-0.1, -0.05) is 25.5 Å². The largest absolute Gasteiger partial charge is 0.467 e. The summed E-state index contributed by atoms with van der Waals surface area (Å²) in [5.74, 6) is 0.0478. The molecule has 30 heavy (non-hydrogen) atoms. The van der Waals surface area contributed by atoms with Gasteiger partial charge in [0, 0.05) is 12.1 Å². The number of anilines is 2. The van der Waals surface area contributed by atoms with Crippen molar-refractivity contribution in [3.05, 3.63) is 79.9 Å². The summed E-state index contributed by atoms with van der Waals surface area (Å²) in [6, 6.07) is 8.81. The van der Waals surface area contributed by atoms with Crippen LogP contribution in [0.3, 0.4) is 0 Å². The quantitative estimate of drug-likeness (QED) is 0.621. The number of hydrogen-bond donors (Lipinski definition) is 2. The van der Waals surface area contributed by atoms with Crippen molar-refractivity contribution in [2.45, 2.75) is 46.7 Å². The van der Waals surface area contributed by atoms with Crippen LogP contribution in [0, 0.1) is 13.8 Å². The minimum absolute atomic E-state index is 0.00151. The number of aryl methyl sites for hydroxylation is 1. The Hall–Kier alpha value is -3.55. The zero-order valence-corrected chi connectivity index (χ0v) is 17.4. The minimum Gasteiger partial charge on any atom is -0.467 e. The summed E-state index contributed by atoms with van der Waals surface area (Å²) in [4.78, 5) is 42.2. The maximum Gasteiger partial charge on any atom is 0.330 e. The number of carbonyl (C=O) groups excluding carboxylic acids is 1. The topological polar surface area (TPSA) is 114 Å². The van der Waals surface area contributed by atoms with Gasteiger partial charge in [0.2, 0.25) is 0 Å². The second kappa shape index (κ2) is 8.86. The van der Waals surface area contributed by atoms with E-state index in [1.807, 2.05) is 26.8 Å². The van der Waals surface area contributed by atoms with E-state index < -0.39 is 17.2 Å². The number of unbranched alkanes of at least 4 members (excludes halogenated alkanes) is 1. The Morgan fingerprint density at radius 3 is 2.63 bits per heavy atom. The number of benzene rings is 1. The molecule has 2 heterocycles. The molecule has 3 aromatic rings. The Balaban J connectivity index is 2.18. The molecule has 1 amide bonds. The number of carbonyl (C=O) groups is 1. The first-order valence-electron chi connectivity index (χ1n) is 9.88. The molecule has 0 bridgehead atoms. The molecule has 8 nitrogen and oxygen atoms in total. The van der Waals surface area contributed by atoms with Crippen molar-refractivity contribution < 1.29 is 9.21 Å². The second-order valence-corrected chi connectivity index (χ2v) is 7.22. The highest BCUT2D eigenvalue weighted by atomic mass is 16.3. The Morgan fingerprint density at radius 1 is 1.20 bits per heavy atom. The molecule has 1 aromatic carbocycles. The number of nitrogens with zero attached hydrogens (tertiary/aromatic N) is 2. The molecule has 0 atom stereocenters. The van der Waals surface area contributed by atoms with Crippen LogP contribution >= 0.6 is 0 Å². The highest BCUT2D eigenvalue weighted by Crippen LogP contribution is 2.24. The number of rotatable bonds is 7. The molecular weight excluding hydrogens is 384 g/mol. The molecule has 158 valence electrons. The molecule has 3 N–H and O–H groups in total. The van der Waals surface area contributed by atoms with Gasteiger partial charge in [0.25, 0.3) is 11.5 Å². The fraction of sp³-hybridized carbons (Fsp3) is 0.318. The standard InChI is InChI=1S/C22H26N4O4/c1-4-5-11-25-19(23)18(20(27)24-22(25)29)26(13-16-9-7-12-30-16)21(28)17-10-6-8-14(2)15(17)3/h6-10,12H,4-5,11,13,23H2,1-3H3,(H,24,27,29). The molecule has 0 aliphatic rings. The van der Waals surface area contributed by atoms with Gasteiger partial charge < -0.3 is 10.2 Å². The summed E-state index contributed by atoms with van der Waals surface area (Å²) < 4.78 is 6.71. The third kappa shape index (κ3) is 4.07. The van der Waals surface area contributed by atoms with E-state index in [1.54, 1.807) is 24.3 Å². The predicted octanol–water partition coefficient (Wildman–Crippen LogP) is 2.98. The number of aromatic nitrogens is 2. The average Bonchev–Trinajstić information content (AvgIpc) is 3.21. The maximum absolute atomic E-state index is 13.5. The van der Waals surface area contributed by atoms with E-state index in [0.717, 1.165) is 17.5 Å². The third-order valence-electron chi connectivity index (χ3n) is 5.19. The van der Waals surface area contributed by atoms with Crippen molar-refractivity contribution in [1.82, 2.24) is 9.55 Å². The zero-order valence-electron chi connectivity index (χ0n) is 17.4. The molecular formula is C22H26N4O4. The molecule has 0 unspecified atom stereocenters. The smallest absolute Gasteiger partial charge is 0.330 e. The highest BCUT2D eigenvalue weighted by molar-refractivity contribution is 6.08. The molecule has 0 aliphatic carbocycles. The van der Waals surface area contributed by atoms with E-state index in [0.29, 0.717) is 24.3 Å². The molecule has 0 saturated heterocycles. The number of hydrogen-bond acceptors (Lipinski definition) is 5. The van der Waals surface area contributed by atoms with Gasteiger partial charge in [0.05, 0.1) is 12.8 Å². The lowest BCUT2D eigenvalue weighted by Gasteiger charge is -2.24. The molecule has 0 radical (unpaired) electrons. The average molecular weight is 410 g/mol. The number of amides is 1. The lowest BCUT2D eigenvalue weighted by Crippen LogP contribution is -2.41. The number of furan rings is 1.